The summed E-state index contributed by atoms with van der Waals surface area (Å²) in [5.41, 5.74) is 5.73. The summed E-state index contributed by atoms with van der Waals surface area (Å²) in [7, 11) is 0. The molecule has 0 fully saturated rings. The maximum absolute atomic E-state index is 11.2. The number of halogens is 1. The highest BCUT2D eigenvalue weighted by Gasteiger charge is 2.12. The van der Waals surface area contributed by atoms with Crippen molar-refractivity contribution in [1.82, 2.24) is 0 Å². The fourth-order valence-electron chi connectivity index (χ4n) is 1.24. The minimum Gasteiger partial charge on any atom is -0.463 e. The lowest BCUT2D eigenvalue weighted by molar-refractivity contribution is -0.384. The number of nitrogens with two attached hydrogens (primary N) is 1. The molecular formula is C11H11ClN2O4. The Balaban J connectivity index is 3.11. The van der Waals surface area contributed by atoms with E-state index >= 15 is 0 Å². The molecule has 96 valence electrons. The number of hydrogen-bond donors (Lipinski definition) is 1. The van der Waals surface area contributed by atoms with E-state index in [4.69, 9.17) is 17.3 Å². The van der Waals surface area contributed by atoms with E-state index in [-0.39, 0.29) is 28.6 Å². The van der Waals surface area contributed by atoms with Crippen molar-refractivity contribution in [1.29, 1.82) is 0 Å². The fourth-order valence-corrected chi connectivity index (χ4v) is 1.46. The molecule has 0 spiro atoms. The van der Waals surface area contributed by atoms with Crippen LogP contribution in [-0.4, -0.2) is 17.5 Å². The van der Waals surface area contributed by atoms with Gasteiger partial charge in [0.05, 0.1) is 16.6 Å². The number of nitrogens with zero attached hydrogens (tertiary/aromatic N) is 1. The van der Waals surface area contributed by atoms with E-state index in [2.05, 4.69) is 4.74 Å². The topological polar surface area (TPSA) is 95.5 Å². The van der Waals surface area contributed by atoms with Crippen LogP contribution in [-0.2, 0) is 9.53 Å². The van der Waals surface area contributed by atoms with Crippen LogP contribution < -0.4 is 5.73 Å². The van der Waals surface area contributed by atoms with Gasteiger partial charge in [0.25, 0.3) is 5.69 Å². The third-order valence-electron chi connectivity index (χ3n) is 2.03. The maximum atomic E-state index is 11.2. The second-order valence-electron chi connectivity index (χ2n) is 3.27. The summed E-state index contributed by atoms with van der Waals surface area (Å²) in [6.45, 7) is 1.87. The predicted molar refractivity (Wildman–Crippen MR) is 66.9 cm³/mol. The highest BCUT2D eigenvalue weighted by atomic mass is 35.5. The monoisotopic (exact) mass is 270 g/mol. The zero-order chi connectivity index (χ0) is 13.7. The average Bonchev–Trinajstić information content (AvgIpc) is 2.29. The second-order valence-corrected chi connectivity index (χ2v) is 3.68. The van der Waals surface area contributed by atoms with Crippen molar-refractivity contribution in [2.24, 2.45) is 5.73 Å². The largest absolute Gasteiger partial charge is 0.463 e. The predicted octanol–water partition coefficient (Wildman–Crippen LogP) is 2.11. The van der Waals surface area contributed by atoms with Gasteiger partial charge in [-0.3, -0.25) is 10.1 Å². The molecule has 18 heavy (non-hydrogen) atoms. The van der Waals surface area contributed by atoms with Gasteiger partial charge in [-0.2, -0.15) is 0 Å². The van der Waals surface area contributed by atoms with Gasteiger partial charge in [-0.15, -0.1) is 0 Å². The quantitative estimate of drug-likeness (QED) is 0.391. The Morgan fingerprint density at radius 1 is 1.61 bits per heavy atom. The van der Waals surface area contributed by atoms with E-state index in [0.29, 0.717) is 0 Å². The molecule has 1 aromatic rings. The Labute approximate surface area is 108 Å². The molecule has 0 unspecified atom stereocenters. The van der Waals surface area contributed by atoms with Gasteiger partial charge in [0.2, 0.25) is 0 Å². The number of carbonyl (C=O) groups is 1. The fraction of sp³-hybridized carbons (Fsp3) is 0.182. The third-order valence-corrected chi connectivity index (χ3v) is 2.36. The normalized spacial score (nSPS) is 11.1. The van der Waals surface area contributed by atoms with Crippen molar-refractivity contribution in [3.05, 3.63) is 45.0 Å². The van der Waals surface area contributed by atoms with Gasteiger partial charge >= 0.3 is 5.97 Å². The number of benzene rings is 1. The van der Waals surface area contributed by atoms with Crippen LogP contribution >= 0.6 is 11.6 Å². The molecule has 0 aliphatic carbocycles. The molecule has 2 N–H and O–H groups in total. The molecule has 1 rings (SSSR count). The first-order valence-corrected chi connectivity index (χ1v) is 5.41. The summed E-state index contributed by atoms with van der Waals surface area (Å²) in [5, 5.41) is 10.8. The number of carbonyl (C=O) groups excluding carboxylic acids is 1. The number of nitro benzene ring substituents is 1. The molecule has 0 heterocycles. The van der Waals surface area contributed by atoms with E-state index in [9.17, 15) is 14.9 Å². The highest BCUT2D eigenvalue weighted by molar-refractivity contribution is 6.32. The summed E-state index contributed by atoms with van der Waals surface area (Å²) >= 11 is 5.86. The second kappa shape index (κ2) is 6.02. The molecule has 0 aromatic heterocycles. The number of hydrogen-bond acceptors (Lipinski definition) is 5. The molecule has 0 atom stereocenters. The Hall–Kier alpha value is -2.08. The van der Waals surface area contributed by atoms with Crippen molar-refractivity contribution in [3.63, 3.8) is 0 Å². The smallest absolute Gasteiger partial charge is 0.332 e. The van der Waals surface area contributed by atoms with Crippen LogP contribution in [0.4, 0.5) is 5.69 Å². The lowest BCUT2D eigenvalue weighted by atomic mass is 10.1. The number of rotatable bonds is 4. The van der Waals surface area contributed by atoms with E-state index in [0.717, 1.165) is 6.08 Å². The Bertz CT molecular complexity index is 514. The van der Waals surface area contributed by atoms with Crippen molar-refractivity contribution in [2.45, 2.75) is 6.92 Å². The molecule has 7 heteroatoms. The SMILES string of the molecule is CCOC(=O)C=C(N)c1cc([N+](=O)[O-])ccc1Cl. The maximum Gasteiger partial charge on any atom is 0.332 e. The van der Waals surface area contributed by atoms with Gasteiger partial charge in [0, 0.05) is 29.5 Å². The Morgan fingerprint density at radius 2 is 2.28 bits per heavy atom. The first-order chi connectivity index (χ1) is 8.45. The molecule has 0 saturated heterocycles. The zero-order valence-electron chi connectivity index (χ0n) is 9.55. The molecule has 0 bridgehead atoms. The number of non-ortho nitro benzene ring substituents is 1. The molecular weight excluding hydrogens is 260 g/mol. The van der Waals surface area contributed by atoms with Crippen LogP contribution in [0.2, 0.25) is 5.02 Å². The van der Waals surface area contributed by atoms with Gasteiger partial charge in [0.15, 0.2) is 0 Å². The van der Waals surface area contributed by atoms with Crippen LogP contribution in [0, 0.1) is 10.1 Å². The van der Waals surface area contributed by atoms with Crippen molar-refractivity contribution < 1.29 is 14.5 Å². The molecule has 6 nitrogen and oxygen atoms in total. The Morgan fingerprint density at radius 3 is 2.83 bits per heavy atom. The lowest BCUT2D eigenvalue weighted by Gasteiger charge is -2.04. The van der Waals surface area contributed by atoms with E-state index in [1.807, 2.05) is 0 Å². The minimum absolute atomic E-state index is 0.0159. The number of esters is 1. The van der Waals surface area contributed by atoms with Crippen LogP contribution in [0.3, 0.4) is 0 Å². The number of ether oxygens (including phenoxy) is 1. The van der Waals surface area contributed by atoms with E-state index < -0.39 is 10.9 Å². The van der Waals surface area contributed by atoms with E-state index in [1.165, 1.54) is 18.2 Å². The summed E-state index contributed by atoms with van der Waals surface area (Å²) in [4.78, 5) is 21.3. The molecule has 0 aliphatic heterocycles. The highest BCUT2D eigenvalue weighted by Crippen LogP contribution is 2.25. The van der Waals surface area contributed by atoms with E-state index in [1.54, 1.807) is 6.92 Å². The summed E-state index contributed by atoms with van der Waals surface area (Å²) in [6, 6.07) is 3.80. The number of nitro groups is 1. The van der Waals surface area contributed by atoms with Crippen molar-refractivity contribution in [2.75, 3.05) is 6.61 Å². The van der Waals surface area contributed by atoms with Gasteiger partial charge in [-0.05, 0) is 13.0 Å². The summed E-state index contributed by atoms with van der Waals surface area (Å²) in [6.07, 6.45) is 1.04. The summed E-state index contributed by atoms with van der Waals surface area (Å²) in [5.74, 6) is -0.627. The molecule has 1 aromatic carbocycles. The van der Waals surface area contributed by atoms with Crippen LogP contribution in [0.15, 0.2) is 24.3 Å². The Kier molecular flexibility index (Phi) is 4.67. The molecule has 0 aliphatic rings. The van der Waals surface area contributed by atoms with Crippen LogP contribution in [0.1, 0.15) is 12.5 Å². The van der Waals surface area contributed by atoms with Crippen LogP contribution in [0.5, 0.6) is 0 Å². The third kappa shape index (κ3) is 3.46. The molecule has 0 saturated carbocycles. The van der Waals surface area contributed by atoms with Gasteiger partial charge < -0.3 is 10.5 Å². The zero-order valence-corrected chi connectivity index (χ0v) is 10.3. The van der Waals surface area contributed by atoms with Gasteiger partial charge in [-0.1, -0.05) is 11.6 Å². The molecule has 0 radical (unpaired) electrons. The average molecular weight is 271 g/mol. The summed E-state index contributed by atoms with van der Waals surface area (Å²) < 4.78 is 4.68. The lowest BCUT2D eigenvalue weighted by Crippen LogP contribution is -2.05. The van der Waals surface area contributed by atoms with Crippen molar-refractivity contribution in [3.8, 4) is 0 Å². The van der Waals surface area contributed by atoms with Crippen molar-refractivity contribution >= 4 is 29.0 Å². The molecule has 0 amide bonds. The first kappa shape index (κ1) is 14.0. The standard InChI is InChI=1S/C11H11ClN2O4/c1-2-18-11(15)6-10(13)8-5-7(14(16)17)3-4-9(8)12/h3-6H,2,13H2,1H3. The first-order valence-electron chi connectivity index (χ1n) is 5.04. The minimum atomic E-state index is -0.627. The van der Waals surface area contributed by atoms with Gasteiger partial charge in [0.1, 0.15) is 0 Å². The van der Waals surface area contributed by atoms with Gasteiger partial charge in [-0.25, -0.2) is 4.79 Å². The van der Waals surface area contributed by atoms with Crippen LogP contribution in [0.25, 0.3) is 5.70 Å².